The molecule has 4 nitrogen and oxygen atoms in total. The highest BCUT2D eigenvalue weighted by atomic mass is 35.5. The number of nitrogens with one attached hydrogen (secondary N) is 1. The molecule has 1 rings (SSSR count). The molecule has 2 N–H and O–H groups in total. The summed E-state index contributed by atoms with van der Waals surface area (Å²) in [5.74, 6) is -2.12. The van der Waals surface area contributed by atoms with Crippen molar-refractivity contribution < 1.29 is 19.1 Å². The molecule has 1 aromatic rings. The van der Waals surface area contributed by atoms with E-state index in [9.17, 15) is 14.0 Å². The Morgan fingerprint density at radius 1 is 1.53 bits per heavy atom. The van der Waals surface area contributed by atoms with Crippen LogP contribution in [0.1, 0.15) is 24.9 Å². The van der Waals surface area contributed by atoms with Crippen LogP contribution < -0.4 is 5.32 Å². The molecule has 92 valence electrons. The number of hydrogen-bond donors (Lipinski definition) is 2. The summed E-state index contributed by atoms with van der Waals surface area (Å²) < 4.78 is 13.2. The first-order valence-electron chi connectivity index (χ1n) is 4.84. The van der Waals surface area contributed by atoms with Gasteiger partial charge in [-0.3, -0.25) is 9.59 Å². The number of benzene rings is 1. The molecule has 6 heteroatoms. The van der Waals surface area contributed by atoms with Crippen molar-refractivity contribution in [3.05, 3.63) is 34.6 Å². The first kappa shape index (κ1) is 13.4. The van der Waals surface area contributed by atoms with E-state index in [0.717, 1.165) is 6.07 Å². The number of hydrogen-bond acceptors (Lipinski definition) is 2. The molecule has 0 heterocycles. The Hall–Kier alpha value is -1.62. The number of aliphatic carboxylic acids is 1. The van der Waals surface area contributed by atoms with Crippen LogP contribution in [0, 0.1) is 5.82 Å². The van der Waals surface area contributed by atoms with E-state index >= 15 is 0 Å². The van der Waals surface area contributed by atoms with Gasteiger partial charge in [-0.2, -0.15) is 0 Å². The second kappa shape index (κ2) is 5.63. The summed E-state index contributed by atoms with van der Waals surface area (Å²) >= 11 is 5.52. The first-order valence-corrected chi connectivity index (χ1v) is 5.21. The minimum absolute atomic E-state index is 0.0503. The van der Waals surface area contributed by atoms with Crippen LogP contribution in [0.15, 0.2) is 18.2 Å². The van der Waals surface area contributed by atoms with Crippen molar-refractivity contribution in [1.29, 1.82) is 0 Å². The van der Waals surface area contributed by atoms with E-state index in [1.165, 1.54) is 19.1 Å². The Labute approximate surface area is 102 Å². The van der Waals surface area contributed by atoms with Crippen LogP contribution in [0.4, 0.5) is 4.39 Å². The van der Waals surface area contributed by atoms with Gasteiger partial charge >= 0.3 is 5.97 Å². The van der Waals surface area contributed by atoms with Gasteiger partial charge in [0.25, 0.3) is 0 Å². The van der Waals surface area contributed by atoms with Crippen LogP contribution in [0.25, 0.3) is 0 Å². The normalized spacial score (nSPS) is 11.9. The topological polar surface area (TPSA) is 66.4 Å². The maximum atomic E-state index is 13.2. The average molecular weight is 260 g/mol. The fourth-order valence-corrected chi connectivity index (χ4v) is 1.52. The zero-order valence-corrected chi connectivity index (χ0v) is 9.79. The van der Waals surface area contributed by atoms with Crippen LogP contribution in [-0.2, 0) is 9.59 Å². The summed E-state index contributed by atoms with van der Waals surface area (Å²) in [7, 11) is 0. The maximum absolute atomic E-state index is 13.2. The molecule has 0 aromatic heterocycles. The van der Waals surface area contributed by atoms with Gasteiger partial charge in [0.15, 0.2) is 0 Å². The van der Waals surface area contributed by atoms with Gasteiger partial charge in [-0.1, -0.05) is 17.7 Å². The summed E-state index contributed by atoms with van der Waals surface area (Å²) in [6.45, 7) is 1.27. The first-order chi connectivity index (χ1) is 7.90. The summed E-state index contributed by atoms with van der Waals surface area (Å²) in [6.07, 6.45) is -0.319. The summed E-state index contributed by atoms with van der Waals surface area (Å²) in [5.41, 5.74) is 0.365. The molecule has 0 fully saturated rings. The van der Waals surface area contributed by atoms with E-state index in [1.807, 2.05) is 0 Å². The van der Waals surface area contributed by atoms with Gasteiger partial charge in [0.1, 0.15) is 5.82 Å². The Morgan fingerprint density at radius 3 is 2.65 bits per heavy atom. The average Bonchev–Trinajstić information content (AvgIpc) is 2.19. The van der Waals surface area contributed by atoms with Crippen LogP contribution in [-0.4, -0.2) is 17.0 Å². The molecule has 0 radical (unpaired) electrons. The van der Waals surface area contributed by atoms with Crippen molar-refractivity contribution in [3.63, 3.8) is 0 Å². The molecule has 0 aliphatic rings. The molecule has 1 aromatic carbocycles. The highest BCUT2D eigenvalue weighted by Crippen LogP contribution is 2.22. The van der Waals surface area contributed by atoms with Gasteiger partial charge in [-0.05, 0) is 17.7 Å². The number of amides is 1. The van der Waals surface area contributed by atoms with Crippen LogP contribution in [0.5, 0.6) is 0 Å². The lowest BCUT2D eigenvalue weighted by molar-refractivity contribution is -0.137. The number of carbonyl (C=O) groups is 2. The third-order valence-corrected chi connectivity index (χ3v) is 2.41. The van der Waals surface area contributed by atoms with Crippen LogP contribution >= 0.6 is 11.6 Å². The van der Waals surface area contributed by atoms with E-state index < -0.39 is 17.8 Å². The molecule has 0 aliphatic carbocycles. The number of halogens is 2. The number of rotatable bonds is 4. The van der Waals surface area contributed by atoms with Crippen molar-refractivity contribution in [2.24, 2.45) is 0 Å². The molecular weight excluding hydrogens is 249 g/mol. The lowest BCUT2D eigenvalue weighted by Crippen LogP contribution is -2.28. The van der Waals surface area contributed by atoms with Crippen molar-refractivity contribution in [2.75, 3.05) is 0 Å². The maximum Gasteiger partial charge on any atom is 0.305 e. The third-order valence-electron chi connectivity index (χ3n) is 2.10. The van der Waals surface area contributed by atoms with Gasteiger partial charge in [-0.25, -0.2) is 4.39 Å². The summed E-state index contributed by atoms with van der Waals surface area (Å²) in [5, 5.41) is 11.1. The van der Waals surface area contributed by atoms with E-state index in [4.69, 9.17) is 16.7 Å². The van der Waals surface area contributed by atoms with E-state index in [1.54, 1.807) is 0 Å². The Kier molecular flexibility index (Phi) is 4.45. The Morgan fingerprint density at radius 2 is 2.18 bits per heavy atom. The molecule has 0 aliphatic heterocycles. The largest absolute Gasteiger partial charge is 0.481 e. The Balaban J connectivity index is 2.98. The smallest absolute Gasteiger partial charge is 0.305 e. The SMILES string of the molecule is CC(=O)N[C@H](CC(=O)O)c1ccc(Cl)c(F)c1. The van der Waals surface area contributed by atoms with Crippen molar-refractivity contribution in [1.82, 2.24) is 5.32 Å². The van der Waals surface area contributed by atoms with E-state index in [-0.39, 0.29) is 17.4 Å². The van der Waals surface area contributed by atoms with Crippen molar-refractivity contribution >= 4 is 23.5 Å². The highest BCUT2D eigenvalue weighted by Gasteiger charge is 2.17. The number of carboxylic acids is 1. The predicted molar refractivity (Wildman–Crippen MR) is 60.2 cm³/mol. The van der Waals surface area contributed by atoms with E-state index in [2.05, 4.69) is 5.32 Å². The van der Waals surface area contributed by atoms with Gasteiger partial charge < -0.3 is 10.4 Å². The summed E-state index contributed by atoms with van der Waals surface area (Å²) in [4.78, 5) is 21.6. The zero-order valence-electron chi connectivity index (χ0n) is 9.04. The fourth-order valence-electron chi connectivity index (χ4n) is 1.40. The fraction of sp³-hybridized carbons (Fsp3) is 0.273. The minimum Gasteiger partial charge on any atom is -0.481 e. The lowest BCUT2D eigenvalue weighted by atomic mass is 10.0. The zero-order chi connectivity index (χ0) is 13.0. The van der Waals surface area contributed by atoms with Crippen molar-refractivity contribution in [2.45, 2.75) is 19.4 Å². The van der Waals surface area contributed by atoms with Gasteiger partial charge in [0.2, 0.25) is 5.91 Å². The molecule has 0 spiro atoms. The van der Waals surface area contributed by atoms with E-state index in [0.29, 0.717) is 5.56 Å². The number of carbonyl (C=O) groups excluding carboxylic acids is 1. The van der Waals surface area contributed by atoms with Crippen molar-refractivity contribution in [3.8, 4) is 0 Å². The highest BCUT2D eigenvalue weighted by molar-refractivity contribution is 6.30. The molecule has 0 bridgehead atoms. The van der Waals surface area contributed by atoms with Gasteiger partial charge in [-0.15, -0.1) is 0 Å². The molecular formula is C11H11ClFNO3. The van der Waals surface area contributed by atoms with Gasteiger partial charge in [0.05, 0.1) is 17.5 Å². The second-order valence-electron chi connectivity index (χ2n) is 3.52. The second-order valence-corrected chi connectivity index (χ2v) is 3.93. The molecule has 0 unspecified atom stereocenters. The molecule has 0 saturated carbocycles. The molecule has 1 atom stereocenters. The lowest BCUT2D eigenvalue weighted by Gasteiger charge is -2.16. The molecule has 17 heavy (non-hydrogen) atoms. The molecule has 0 saturated heterocycles. The Bertz CT molecular complexity index is 434. The number of carboxylic acid groups (broad SMARTS) is 1. The third kappa shape index (κ3) is 4.03. The summed E-state index contributed by atoms with van der Waals surface area (Å²) in [6, 6.07) is 3.15. The minimum atomic E-state index is -1.08. The monoisotopic (exact) mass is 259 g/mol. The van der Waals surface area contributed by atoms with Crippen LogP contribution in [0.3, 0.4) is 0 Å². The van der Waals surface area contributed by atoms with Crippen LogP contribution in [0.2, 0.25) is 5.02 Å². The quantitative estimate of drug-likeness (QED) is 0.870. The molecule has 1 amide bonds. The standard InChI is InChI=1S/C11H11ClFNO3/c1-6(15)14-10(5-11(16)17)7-2-3-8(12)9(13)4-7/h2-4,10H,5H2,1H3,(H,14,15)(H,16,17)/t10-/m1/s1. The van der Waals surface area contributed by atoms with Gasteiger partial charge in [0, 0.05) is 6.92 Å². The predicted octanol–water partition coefficient (Wildman–Crippen LogP) is 2.13.